The molecule has 0 aromatic heterocycles. The van der Waals surface area contributed by atoms with Gasteiger partial charge in [0.15, 0.2) is 5.78 Å². The molecular weight excluding hydrogens is 228 g/mol. The van der Waals surface area contributed by atoms with Crippen molar-refractivity contribution in [2.45, 2.75) is 13.3 Å². The molecule has 0 bridgehead atoms. The number of hydrogen-bond acceptors (Lipinski definition) is 4. The Morgan fingerprint density at radius 1 is 1.39 bits per heavy atom. The number of anilines is 1. The third-order valence-corrected chi connectivity index (χ3v) is 3.28. The minimum atomic E-state index is 0.175. The van der Waals surface area contributed by atoms with Gasteiger partial charge in [-0.3, -0.25) is 4.79 Å². The van der Waals surface area contributed by atoms with Gasteiger partial charge in [-0.25, -0.2) is 0 Å². The summed E-state index contributed by atoms with van der Waals surface area (Å²) in [4.78, 5) is 14.0. The predicted octanol–water partition coefficient (Wildman–Crippen LogP) is 1.70. The van der Waals surface area contributed by atoms with Crippen LogP contribution in [0, 0.1) is 0 Å². The van der Waals surface area contributed by atoms with Crippen LogP contribution in [-0.4, -0.2) is 39.1 Å². The fourth-order valence-corrected chi connectivity index (χ4v) is 2.22. The largest absolute Gasteiger partial charge is 0.495 e. The third kappa shape index (κ3) is 2.64. The summed E-state index contributed by atoms with van der Waals surface area (Å²) in [5.41, 5.74) is 1.80. The second kappa shape index (κ2) is 5.87. The quantitative estimate of drug-likeness (QED) is 0.823. The molecule has 0 spiro atoms. The van der Waals surface area contributed by atoms with Gasteiger partial charge < -0.3 is 15.0 Å². The number of carbonyl (C=O) groups excluding carboxylic acids is 1. The predicted molar refractivity (Wildman–Crippen MR) is 72.7 cm³/mol. The lowest BCUT2D eigenvalue weighted by Crippen LogP contribution is -2.43. The molecule has 1 heterocycles. The van der Waals surface area contributed by atoms with Crippen molar-refractivity contribution in [2.24, 2.45) is 0 Å². The Balaban J connectivity index is 2.32. The molecule has 1 aliphatic heterocycles. The first-order valence-electron chi connectivity index (χ1n) is 6.43. The van der Waals surface area contributed by atoms with E-state index in [1.165, 1.54) is 0 Å². The van der Waals surface area contributed by atoms with Gasteiger partial charge in [-0.05, 0) is 18.2 Å². The first-order chi connectivity index (χ1) is 8.76. The summed E-state index contributed by atoms with van der Waals surface area (Å²) < 4.78 is 5.39. The van der Waals surface area contributed by atoms with Gasteiger partial charge in [-0.1, -0.05) is 6.92 Å². The Labute approximate surface area is 108 Å². The molecule has 1 aromatic rings. The normalized spacial score (nSPS) is 15.6. The van der Waals surface area contributed by atoms with E-state index in [9.17, 15) is 4.79 Å². The molecule has 0 radical (unpaired) electrons. The molecule has 98 valence electrons. The smallest absolute Gasteiger partial charge is 0.162 e. The topological polar surface area (TPSA) is 41.6 Å². The van der Waals surface area contributed by atoms with Crippen LogP contribution in [-0.2, 0) is 0 Å². The van der Waals surface area contributed by atoms with E-state index in [1.807, 2.05) is 25.1 Å². The molecule has 1 N–H and O–H groups in total. The number of carbonyl (C=O) groups is 1. The molecular formula is C14H20N2O2. The molecule has 0 amide bonds. The van der Waals surface area contributed by atoms with Crippen LogP contribution in [0.3, 0.4) is 0 Å². The standard InChI is InChI=1S/C14H20N2O2/c1-3-13(17)11-4-5-14(18-2)12(10-11)16-8-6-15-7-9-16/h4-5,10,15H,3,6-9H2,1-2H3. The maximum atomic E-state index is 11.8. The van der Waals surface area contributed by atoms with Crippen LogP contribution in [0.2, 0.25) is 0 Å². The number of ether oxygens (including phenoxy) is 1. The van der Waals surface area contributed by atoms with Crippen LogP contribution in [0.1, 0.15) is 23.7 Å². The van der Waals surface area contributed by atoms with Crippen LogP contribution in [0.15, 0.2) is 18.2 Å². The maximum absolute atomic E-state index is 11.8. The van der Waals surface area contributed by atoms with E-state index in [0.29, 0.717) is 6.42 Å². The first-order valence-corrected chi connectivity index (χ1v) is 6.43. The van der Waals surface area contributed by atoms with Gasteiger partial charge in [0.05, 0.1) is 12.8 Å². The number of nitrogens with one attached hydrogen (secondary N) is 1. The monoisotopic (exact) mass is 248 g/mol. The Morgan fingerprint density at radius 3 is 2.72 bits per heavy atom. The molecule has 2 rings (SSSR count). The highest BCUT2D eigenvalue weighted by atomic mass is 16.5. The SMILES string of the molecule is CCC(=O)c1ccc(OC)c(N2CCNCC2)c1. The number of ketones is 1. The minimum absolute atomic E-state index is 0.175. The van der Waals surface area contributed by atoms with Gasteiger partial charge in [-0.2, -0.15) is 0 Å². The van der Waals surface area contributed by atoms with Crippen LogP contribution >= 0.6 is 0 Å². The molecule has 1 aliphatic rings. The maximum Gasteiger partial charge on any atom is 0.162 e. The van der Waals surface area contributed by atoms with Crippen molar-refractivity contribution < 1.29 is 9.53 Å². The molecule has 4 heteroatoms. The molecule has 0 unspecified atom stereocenters. The lowest BCUT2D eigenvalue weighted by molar-refractivity contribution is 0.0988. The molecule has 1 fully saturated rings. The zero-order valence-corrected chi connectivity index (χ0v) is 11.0. The zero-order chi connectivity index (χ0) is 13.0. The molecule has 18 heavy (non-hydrogen) atoms. The lowest BCUT2D eigenvalue weighted by Gasteiger charge is -2.30. The average Bonchev–Trinajstić information content (AvgIpc) is 2.46. The molecule has 4 nitrogen and oxygen atoms in total. The number of hydrogen-bond donors (Lipinski definition) is 1. The highest BCUT2D eigenvalue weighted by molar-refractivity contribution is 5.97. The van der Waals surface area contributed by atoms with Crippen LogP contribution in [0.5, 0.6) is 5.75 Å². The Hall–Kier alpha value is -1.55. The van der Waals surface area contributed by atoms with Crippen molar-refractivity contribution in [2.75, 3.05) is 38.2 Å². The van der Waals surface area contributed by atoms with E-state index in [-0.39, 0.29) is 5.78 Å². The molecule has 0 atom stereocenters. The fraction of sp³-hybridized carbons (Fsp3) is 0.500. The van der Waals surface area contributed by atoms with E-state index >= 15 is 0 Å². The molecule has 0 aliphatic carbocycles. The van der Waals surface area contributed by atoms with Crippen molar-refractivity contribution in [1.29, 1.82) is 0 Å². The molecule has 1 aromatic carbocycles. The molecule has 0 saturated carbocycles. The zero-order valence-electron chi connectivity index (χ0n) is 11.0. The number of benzene rings is 1. The van der Waals surface area contributed by atoms with Crippen molar-refractivity contribution in [3.63, 3.8) is 0 Å². The third-order valence-electron chi connectivity index (χ3n) is 3.28. The number of rotatable bonds is 4. The number of methoxy groups -OCH3 is 1. The molecule has 1 saturated heterocycles. The van der Waals surface area contributed by atoms with Crippen LogP contribution in [0.4, 0.5) is 5.69 Å². The van der Waals surface area contributed by atoms with Crippen molar-refractivity contribution >= 4 is 11.5 Å². The highest BCUT2D eigenvalue weighted by Gasteiger charge is 2.16. The van der Waals surface area contributed by atoms with E-state index < -0.39 is 0 Å². The van der Waals surface area contributed by atoms with E-state index in [1.54, 1.807) is 7.11 Å². The summed E-state index contributed by atoms with van der Waals surface area (Å²) in [6.07, 6.45) is 0.535. The van der Waals surface area contributed by atoms with Crippen LogP contribution < -0.4 is 15.0 Å². The van der Waals surface area contributed by atoms with Crippen molar-refractivity contribution in [1.82, 2.24) is 5.32 Å². The van der Waals surface area contributed by atoms with Crippen LogP contribution in [0.25, 0.3) is 0 Å². The summed E-state index contributed by atoms with van der Waals surface area (Å²) in [7, 11) is 1.67. The van der Waals surface area contributed by atoms with Gasteiger partial charge in [0.25, 0.3) is 0 Å². The summed E-state index contributed by atoms with van der Waals surface area (Å²) in [5.74, 6) is 1.01. The minimum Gasteiger partial charge on any atom is -0.495 e. The average molecular weight is 248 g/mol. The number of piperazine rings is 1. The fourth-order valence-electron chi connectivity index (χ4n) is 2.22. The number of nitrogens with zero attached hydrogens (tertiary/aromatic N) is 1. The van der Waals surface area contributed by atoms with Gasteiger partial charge in [0.1, 0.15) is 5.75 Å². The van der Waals surface area contributed by atoms with Gasteiger partial charge >= 0.3 is 0 Å². The summed E-state index contributed by atoms with van der Waals surface area (Å²) in [5, 5.41) is 3.32. The summed E-state index contributed by atoms with van der Waals surface area (Å²) in [6, 6.07) is 5.69. The second-order valence-electron chi connectivity index (χ2n) is 4.40. The van der Waals surface area contributed by atoms with Gasteiger partial charge in [0, 0.05) is 38.2 Å². The van der Waals surface area contributed by atoms with Gasteiger partial charge in [-0.15, -0.1) is 0 Å². The van der Waals surface area contributed by atoms with E-state index in [2.05, 4.69) is 10.2 Å². The van der Waals surface area contributed by atoms with Gasteiger partial charge in [0.2, 0.25) is 0 Å². The second-order valence-corrected chi connectivity index (χ2v) is 4.40. The lowest BCUT2D eigenvalue weighted by atomic mass is 10.1. The Kier molecular flexibility index (Phi) is 4.20. The van der Waals surface area contributed by atoms with Crippen molar-refractivity contribution in [3.8, 4) is 5.75 Å². The van der Waals surface area contributed by atoms with E-state index in [0.717, 1.165) is 43.2 Å². The first kappa shape index (κ1) is 12.9. The van der Waals surface area contributed by atoms with E-state index in [4.69, 9.17) is 4.74 Å². The number of Topliss-reactive ketones (excluding diaryl/α,β-unsaturated/α-hetero) is 1. The Bertz CT molecular complexity index is 426. The Morgan fingerprint density at radius 2 is 2.11 bits per heavy atom. The summed E-state index contributed by atoms with van der Waals surface area (Å²) >= 11 is 0. The summed E-state index contributed by atoms with van der Waals surface area (Å²) in [6.45, 7) is 5.71. The van der Waals surface area contributed by atoms with Crippen molar-refractivity contribution in [3.05, 3.63) is 23.8 Å². The highest BCUT2D eigenvalue weighted by Crippen LogP contribution is 2.30.